The molecule has 1 aliphatic heterocycles. The summed E-state index contributed by atoms with van der Waals surface area (Å²) in [5.74, 6) is -0.345. The van der Waals surface area contributed by atoms with Crippen molar-refractivity contribution in [2.75, 3.05) is 7.11 Å². The quantitative estimate of drug-likeness (QED) is 0.459. The van der Waals surface area contributed by atoms with Gasteiger partial charge in [0.25, 0.3) is 5.56 Å². The minimum atomic E-state index is -1.46. The number of carbonyl (C=O) groups excluding carboxylic acids is 1. The minimum absolute atomic E-state index is 0.0424. The number of nitrogens with zero attached hydrogens (tertiary/aromatic N) is 2. The first-order valence-corrected chi connectivity index (χ1v) is 10.1. The number of aliphatic hydroxyl groups excluding tert-OH is 1. The topological polar surface area (TPSA) is 107 Å². The van der Waals surface area contributed by atoms with Crippen LogP contribution in [0, 0.1) is 12.7 Å². The first-order valence-electron chi connectivity index (χ1n) is 10.1. The number of methoxy groups -OCH3 is 1. The van der Waals surface area contributed by atoms with Gasteiger partial charge in [-0.3, -0.25) is 4.79 Å². The summed E-state index contributed by atoms with van der Waals surface area (Å²) in [6.07, 6.45) is -0.478. The largest absolute Gasteiger partial charge is 0.381 e. The molecule has 3 N–H and O–H groups in total. The van der Waals surface area contributed by atoms with Gasteiger partial charge in [0.2, 0.25) is 0 Å². The molecule has 1 unspecified atom stereocenters. The first kappa shape index (κ1) is 21.3. The Labute approximate surface area is 178 Å². The molecule has 0 saturated heterocycles. The molecular formula is C23H24FN3O4. The molecule has 0 amide bonds. The number of aliphatic hydroxyl groups is 1. The molecule has 7 nitrogen and oxygen atoms in total. The third-order valence-corrected chi connectivity index (χ3v) is 6.10. The van der Waals surface area contributed by atoms with Gasteiger partial charge in [-0.05, 0) is 36.1 Å². The standard InChI is InChI=1S/C23H24FN3O4/c1-4-12-11(2)17(24)6-18-21(12)14(7-25)15-8-27-19(22(15)26-18)5-13(20(29)9-28)16(10-31-3)23(27)30/h5-6,9,20,29H,4,7-8,10,25H2,1-3H3. The van der Waals surface area contributed by atoms with Crippen LogP contribution in [0.1, 0.15) is 46.4 Å². The maximum absolute atomic E-state index is 14.6. The average molecular weight is 425 g/mol. The van der Waals surface area contributed by atoms with Crippen LogP contribution < -0.4 is 11.3 Å². The van der Waals surface area contributed by atoms with Crippen molar-refractivity contribution < 1.29 is 19.0 Å². The number of halogens is 1. The number of pyridine rings is 2. The Bertz CT molecular complexity index is 1280. The van der Waals surface area contributed by atoms with Crippen LogP contribution >= 0.6 is 0 Å². The Morgan fingerprint density at radius 3 is 2.71 bits per heavy atom. The van der Waals surface area contributed by atoms with Crippen LogP contribution in [0.15, 0.2) is 16.9 Å². The molecule has 1 atom stereocenters. The van der Waals surface area contributed by atoms with Gasteiger partial charge in [0.05, 0.1) is 30.1 Å². The second-order valence-corrected chi connectivity index (χ2v) is 7.70. The van der Waals surface area contributed by atoms with Gasteiger partial charge in [0.15, 0.2) is 6.29 Å². The van der Waals surface area contributed by atoms with Gasteiger partial charge in [-0.15, -0.1) is 0 Å². The van der Waals surface area contributed by atoms with Gasteiger partial charge in [-0.2, -0.15) is 0 Å². The van der Waals surface area contributed by atoms with E-state index in [1.807, 2.05) is 6.92 Å². The molecule has 2 aromatic heterocycles. The molecule has 0 aliphatic carbocycles. The van der Waals surface area contributed by atoms with Crippen LogP contribution in [-0.2, 0) is 35.6 Å². The van der Waals surface area contributed by atoms with E-state index in [9.17, 15) is 19.1 Å². The van der Waals surface area contributed by atoms with Gasteiger partial charge < -0.3 is 24.9 Å². The lowest BCUT2D eigenvalue weighted by Crippen LogP contribution is -2.26. The predicted octanol–water partition coefficient (Wildman–Crippen LogP) is 2.27. The monoisotopic (exact) mass is 425 g/mol. The summed E-state index contributed by atoms with van der Waals surface area (Å²) < 4.78 is 21.3. The number of fused-ring (bicyclic) bond motifs is 4. The molecule has 4 rings (SSSR count). The van der Waals surface area contributed by atoms with E-state index in [0.29, 0.717) is 35.2 Å². The Kier molecular flexibility index (Phi) is 5.47. The molecule has 0 fully saturated rings. The third kappa shape index (κ3) is 3.10. The fraction of sp³-hybridized carbons (Fsp3) is 0.348. The summed E-state index contributed by atoms with van der Waals surface area (Å²) >= 11 is 0. The normalized spacial score (nSPS) is 13.4. The molecular weight excluding hydrogens is 401 g/mol. The van der Waals surface area contributed by atoms with Crippen molar-refractivity contribution in [2.24, 2.45) is 5.73 Å². The lowest BCUT2D eigenvalue weighted by atomic mass is 9.92. The first-order chi connectivity index (χ1) is 14.9. The van der Waals surface area contributed by atoms with Gasteiger partial charge in [0.1, 0.15) is 11.9 Å². The molecule has 162 valence electrons. The lowest BCUT2D eigenvalue weighted by molar-refractivity contribution is -0.115. The number of aromatic nitrogens is 2. The predicted molar refractivity (Wildman–Crippen MR) is 114 cm³/mol. The van der Waals surface area contributed by atoms with Crippen molar-refractivity contribution in [3.8, 4) is 11.4 Å². The summed E-state index contributed by atoms with van der Waals surface area (Å²) in [4.78, 5) is 29.2. The smallest absolute Gasteiger partial charge is 0.257 e. The maximum atomic E-state index is 14.6. The van der Waals surface area contributed by atoms with E-state index in [1.54, 1.807) is 17.6 Å². The van der Waals surface area contributed by atoms with Gasteiger partial charge >= 0.3 is 0 Å². The van der Waals surface area contributed by atoms with Crippen LogP contribution in [0.5, 0.6) is 0 Å². The zero-order valence-electron chi connectivity index (χ0n) is 17.7. The fourth-order valence-electron chi connectivity index (χ4n) is 4.59. The van der Waals surface area contributed by atoms with E-state index in [4.69, 9.17) is 15.5 Å². The highest BCUT2D eigenvalue weighted by atomic mass is 19.1. The highest BCUT2D eigenvalue weighted by molar-refractivity contribution is 5.91. The maximum Gasteiger partial charge on any atom is 0.257 e. The minimum Gasteiger partial charge on any atom is -0.381 e. The van der Waals surface area contributed by atoms with Crippen LogP contribution in [0.2, 0.25) is 0 Å². The Hall–Kier alpha value is -2.94. The lowest BCUT2D eigenvalue weighted by Gasteiger charge is -2.16. The summed E-state index contributed by atoms with van der Waals surface area (Å²) in [5.41, 5.74) is 10.7. The van der Waals surface area contributed by atoms with Crippen LogP contribution in [0.25, 0.3) is 22.3 Å². The number of hydrogen-bond donors (Lipinski definition) is 2. The SMILES string of the molecule is CCc1c(C)c(F)cc2nc3c(c(CN)c12)Cn1c-3cc(C(O)C=O)c(COC)c1=O. The molecule has 0 saturated carbocycles. The summed E-state index contributed by atoms with van der Waals surface area (Å²) in [6, 6.07) is 2.98. The zero-order chi connectivity index (χ0) is 22.4. The zero-order valence-corrected chi connectivity index (χ0v) is 17.7. The number of nitrogens with two attached hydrogens (primary N) is 1. The molecule has 3 heterocycles. The average Bonchev–Trinajstić information content (AvgIpc) is 3.13. The molecule has 0 bridgehead atoms. The Balaban J connectivity index is 2.09. The van der Waals surface area contributed by atoms with E-state index < -0.39 is 6.10 Å². The number of carbonyl (C=O) groups is 1. The molecule has 0 spiro atoms. The van der Waals surface area contributed by atoms with Crippen molar-refractivity contribution in [2.45, 2.75) is 46.1 Å². The molecule has 1 aromatic carbocycles. The van der Waals surface area contributed by atoms with Crippen molar-refractivity contribution in [3.05, 3.63) is 61.7 Å². The molecule has 3 aromatic rings. The van der Waals surface area contributed by atoms with E-state index in [2.05, 4.69) is 0 Å². The highest BCUT2D eigenvalue weighted by Crippen LogP contribution is 2.38. The summed E-state index contributed by atoms with van der Waals surface area (Å²) in [7, 11) is 1.44. The number of ether oxygens (including phenoxy) is 1. The number of aryl methyl sites for hydroxylation is 1. The van der Waals surface area contributed by atoms with Crippen LogP contribution in [0.4, 0.5) is 4.39 Å². The molecule has 8 heteroatoms. The van der Waals surface area contributed by atoms with Crippen molar-refractivity contribution in [1.29, 1.82) is 0 Å². The van der Waals surface area contributed by atoms with Crippen molar-refractivity contribution in [3.63, 3.8) is 0 Å². The van der Waals surface area contributed by atoms with Crippen LogP contribution in [-0.4, -0.2) is 28.1 Å². The summed E-state index contributed by atoms with van der Waals surface area (Å²) in [6.45, 7) is 4.12. The van der Waals surface area contributed by atoms with Crippen LogP contribution in [0.3, 0.4) is 0 Å². The summed E-state index contributed by atoms with van der Waals surface area (Å²) in [5, 5.41) is 11.0. The second-order valence-electron chi connectivity index (χ2n) is 7.70. The number of hydrogen-bond acceptors (Lipinski definition) is 6. The second kappa shape index (κ2) is 7.96. The highest BCUT2D eigenvalue weighted by Gasteiger charge is 2.30. The Morgan fingerprint density at radius 1 is 1.35 bits per heavy atom. The van der Waals surface area contributed by atoms with Crippen molar-refractivity contribution >= 4 is 17.2 Å². The van der Waals surface area contributed by atoms with Gasteiger partial charge in [-0.25, -0.2) is 9.37 Å². The van der Waals surface area contributed by atoms with Gasteiger partial charge in [-0.1, -0.05) is 6.92 Å². The number of rotatable bonds is 6. The van der Waals surface area contributed by atoms with Crippen molar-refractivity contribution in [1.82, 2.24) is 9.55 Å². The number of benzene rings is 1. The Morgan fingerprint density at radius 2 is 2.10 bits per heavy atom. The fourth-order valence-corrected chi connectivity index (χ4v) is 4.59. The van der Waals surface area contributed by atoms with E-state index in [0.717, 1.165) is 22.1 Å². The molecule has 0 radical (unpaired) electrons. The third-order valence-electron chi connectivity index (χ3n) is 6.10. The van der Waals surface area contributed by atoms with E-state index in [-0.39, 0.29) is 42.2 Å². The molecule has 1 aliphatic rings. The van der Waals surface area contributed by atoms with E-state index >= 15 is 0 Å². The van der Waals surface area contributed by atoms with E-state index in [1.165, 1.54) is 13.2 Å². The molecule has 31 heavy (non-hydrogen) atoms. The van der Waals surface area contributed by atoms with Gasteiger partial charge in [0, 0.05) is 41.8 Å². The number of aldehydes is 1.